The molecule has 4 nitrogen and oxygen atoms in total. The van der Waals surface area contributed by atoms with Crippen LogP contribution in [0.3, 0.4) is 0 Å². The van der Waals surface area contributed by atoms with Crippen molar-refractivity contribution in [1.29, 1.82) is 0 Å². The molecule has 2 rings (SSSR count). The monoisotopic (exact) mass is 274 g/mol. The Hall–Kier alpha value is -1.97. The molecule has 0 saturated heterocycles. The Morgan fingerprint density at radius 1 is 1.40 bits per heavy atom. The van der Waals surface area contributed by atoms with Crippen molar-refractivity contribution in [3.63, 3.8) is 0 Å². The SMILES string of the molecule is CCOc1cccc2[nH]cc(CCNC(=O)C(C)C)c12. The van der Waals surface area contributed by atoms with Gasteiger partial charge in [0.1, 0.15) is 5.75 Å². The van der Waals surface area contributed by atoms with E-state index in [1.54, 1.807) is 0 Å². The predicted molar refractivity (Wildman–Crippen MR) is 81.0 cm³/mol. The minimum absolute atomic E-state index is 0.0250. The Labute approximate surface area is 119 Å². The van der Waals surface area contributed by atoms with E-state index in [4.69, 9.17) is 4.74 Å². The van der Waals surface area contributed by atoms with Crippen LogP contribution in [-0.4, -0.2) is 24.0 Å². The number of hydrogen-bond acceptors (Lipinski definition) is 2. The van der Waals surface area contributed by atoms with Gasteiger partial charge < -0.3 is 15.0 Å². The lowest BCUT2D eigenvalue weighted by Gasteiger charge is -2.09. The number of fused-ring (bicyclic) bond motifs is 1. The Balaban J connectivity index is 2.12. The molecule has 0 bridgehead atoms. The van der Waals surface area contributed by atoms with Gasteiger partial charge >= 0.3 is 0 Å². The highest BCUT2D eigenvalue weighted by Crippen LogP contribution is 2.28. The summed E-state index contributed by atoms with van der Waals surface area (Å²) in [6.07, 6.45) is 2.79. The quantitative estimate of drug-likeness (QED) is 0.851. The largest absolute Gasteiger partial charge is 0.493 e. The van der Waals surface area contributed by atoms with Gasteiger partial charge in [0.05, 0.1) is 6.61 Å². The van der Waals surface area contributed by atoms with Crippen LogP contribution in [-0.2, 0) is 11.2 Å². The molecule has 1 aromatic carbocycles. The highest BCUT2D eigenvalue weighted by atomic mass is 16.5. The molecule has 1 aromatic heterocycles. The summed E-state index contributed by atoms with van der Waals surface area (Å²) in [5.74, 6) is 1.02. The van der Waals surface area contributed by atoms with Gasteiger partial charge in [-0.1, -0.05) is 19.9 Å². The van der Waals surface area contributed by atoms with E-state index in [1.807, 2.05) is 45.2 Å². The fourth-order valence-electron chi connectivity index (χ4n) is 2.22. The van der Waals surface area contributed by atoms with E-state index in [-0.39, 0.29) is 11.8 Å². The van der Waals surface area contributed by atoms with Gasteiger partial charge in [0.2, 0.25) is 5.91 Å². The number of carbonyl (C=O) groups excluding carboxylic acids is 1. The fraction of sp³-hybridized carbons (Fsp3) is 0.438. The van der Waals surface area contributed by atoms with E-state index >= 15 is 0 Å². The number of hydrogen-bond donors (Lipinski definition) is 2. The van der Waals surface area contributed by atoms with Crippen molar-refractivity contribution in [2.24, 2.45) is 5.92 Å². The van der Waals surface area contributed by atoms with E-state index in [9.17, 15) is 4.79 Å². The van der Waals surface area contributed by atoms with E-state index in [1.165, 1.54) is 5.56 Å². The molecule has 0 unspecified atom stereocenters. The third kappa shape index (κ3) is 3.13. The summed E-state index contributed by atoms with van der Waals surface area (Å²) in [4.78, 5) is 14.8. The Morgan fingerprint density at radius 3 is 2.90 bits per heavy atom. The van der Waals surface area contributed by atoms with Crippen LogP contribution in [0, 0.1) is 5.92 Å². The van der Waals surface area contributed by atoms with Gasteiger partial charge in [0.15, 0.2) is 0 Å². The molecule has 0 saturated carbocycles. The maximum Gasteiger partial charge on any atom is 0.222 e. The van der Waals surface area contributed by atoms with Crippen molar-refractivity contribution in [3.05, 3.63) is 30.0 Å². The summed E-state index contributed by atoms with van der Waals surface area (Å²) in [5, 5.41) is 4.06. The van der Waals surface area contributed by atoms with Crippen molar-refractivity contribution < 1.29 is 9.53 Å². The summed E-state index contributed by atoms with van der Waals surface area (Å²) in [6, 6.07) is 6.00. The number of rotatable bonds is 6. The number of benzene rings is 1. The van der Waals surface area contributed by atoms with Crippen LogP contribution < -0.4 is 10.1 Å². The zero-order valence-corrected chi connectivity index (χ0v) is 12.3. The second-order valence-electron chi connectivity index (χ2n) is 5.12. The highest BCUT2D eigenvalue weighted by Gasteiger charge is 2.10. The average Bonchev–Trinajstić information content (AvgIpc) is 2.83. The molecule has 0 spiro atoms. The standard InChI is InChI=1S/C16H22N2O2/c1-4-20-14-7-5-6-13-15(14)12(10-18-13)8-9-17-16(19)11(2)3/h5-7,10-11,18H,4,8-9H2,1-3H3,(H,17,19). The minimum Gasteiger partial charge on any atom is -0.493 e. The van der Waals surface area contributed by atoms with Gasteiger partial charge in [-0.05, 0) is 31.0 Å². The van der Waals surface area contributed by atoms with Gasteiger partial charge in [-0.2, -0.15) is 0 Å². The first-order valence-corrected chi connectivity index (χ1v) is 7.13. The summed E-state index contributed by atoms with van der Waals surface area (Å²) < 4.78 is 5.68. The van der Waals surface area contributed by atoms with Crippen LogP contribution in [0.1, 0.15) is 26.3 Å². The highest BCUT2D eigenvalue weighted by molar-refractivity contribution is 5.89. The lowest BCUT2D eigenvalue weighted by Crippen LogP contribution is -2.29. The fourth-order valence-corrected chi connectivity index (χ4v) is 2.22. The van der Waals surface area contributed by atoms with E-state index in [0.29, 0.717) is 13.2 Å². The molecule has 0 aliphatic rings. The number of ether oxygens (including phenoxy) is 1. The maximum atomic E-state index is 11.6. The molecule has 20 heavy (non-hydrogen) atoms. The zero-order chi connectivity index (χ0) is 14.5. The van der Waals surface area contributed by atoms with Gasteiger partial charge in [0, 0.05) is 29.6 Å². The summed E-state index contributed by atoms with van der Waals surface area (Å²) in [6.45, 7) is 7.06. The minimum atomic E-state index is 0.0250. The molecule has 1 heterocycles. The average molecular weight is 274 g/mol. The Kier molecular flexibility index (Phi) is 4.66. The predicted octanol–water partition coefficient (Wildman–Crippen LogP) is 2.88. The van der Waals surface area contributed by atoms with Crippen molar-refractivity contribution in [1.82, 2.24) is 10.3 Å². The molecule has 2 N–H and O–H groups in total. The van der Waals surface area contributed by atoms with Gasteiger partial charge in [-0.3, -0.25) is 4.79 Å². The smallest absolute Gasteiger partial charge is 0.222 e. The first-order chi connectivity index (χ1) is 9.63. The molecule has 0 radical (unpaired) electrons. The van der Waals surface area contributed by atoms with Crippen LogP contribution in [0.2, 0.25) is 0 Å². The summed E-state index contributed by atoms with van der Waals surface area (Å²) in [5.41, 5.74) is 2.24. The lowest BCUT2D eigenvalue weighted by molar-refractivity contribution is -0.123. The maximum absolute atomic E-state index is 11.6. The lowest BCUT2D eigenvalue weighted by atomic mass is 10.1. The molecule has 2 aromatic rings. The molecule has 1 amide bonds. The number of aromatic nitrogens is 1. The molecule has 0 atom stereocenters. The summed E-state index contributed by atoms with van der Waals surface area (Å²) in [7, 11) is 0. The third-order valence-electron chi connectivity index (χ3n) is 3.27. The van der Waals surface area contributed by atoms with Crippen molar-refractivity contribution in [2.45, 2.75) is 27.2 Å². The van der Waals surface area contributed by atoms with E-state index < -0.39 is 0 Å². The molecule has 108 valence electrons. The Bertz CT molecular complexity index is 587. The molecular formula is C16H22N2O2. The van der Waals surface area contributed by atoms with Gasteiger partial charge in [0.25, 0.3) is 0 Å². The number of amides is 1. The molecular weight excluding hydrogens is 252 g/mol. The van der Waals surface area contributed by atoms with Crippen LogP contribution in [0.25, 0.3) is 10.9 Å². The van der Waals surface area contributed by atoms with Crippen LogP contribution >= 0.6 is 0 Å². The second kappa shape index (κ2) is 6.46. The third-order valence-corrected chi connectivity index (χ3v) is 3.27. The number of H-pyrrole nitrogens is 1. The van der Waals surface area contributed by atoms with Crippen LogP contribution in [0.5, 0.6) is 5.75 Å². The summed E-state index contributed by atoms with van der Waals surface area (Å²) >= 11 is 0. The molecule has 4 heteroatoms. The number of aromatic amines is 1. The van der Waals surface area contributed by atoms with Crippen molar-refractivity contribution >= 4 is 16.8 Å². The van der Waals surface area contributed by atoms with Crippen LogP contribution in [0.4, 0.5) is 0 Å². The number of nitrogens with one attached hydrogen (secondary N) is 2. The second-order valence-corrected chi connectivity index (χ2v) is 5.12. The van der Waals surface area contributed by atoms with E-state index in [0.717, 1.165) is 23.1 Å². The normalized spacial score (nSPS) is 11.0. The van der Waals surface area contributed by atoms with Crippen molar-refractivity contribution in [3.8, 4) is 5.75 Å². The molecule has 0 aliphatic heterocycles. The number of carbonyl (C=O) groups is 1. The zero-order valence-electron chi connectivity index (χ0n) is 12.3. The first-order valence-electron chi connectivity index (χ1n) is 7.13. The topological polar surface area (TPSA) is 54.1 Å². The molecule has 0 aliphatic carbocycles. The van der Waals surface area contributed by atoms with E-state index in [2.05, 4.69) is 10.3 Å². The van der Waals surface area contributed by atoms with Crippen LogP contribution in [0.15, 0.2) is 24.4 Å². The first kappa shape index (κ1) is 14.4. The Morgan fingerprint density at radius 2 is 2.20 bits per heavy atom. The van der Waals surface area contributed by atoms with Gasteiger partial charge in [-0.15, -0.1) is 0 Å². The molecule has 0 fully saturated rings. The van der Waals surface area contributed by atoms with Crippen molar-refractivity contribution in [2.75, 3.05) is 13.2 Å². The van der Waals surface area contributed by atoms with Gasteiger partial charge in [-0.25, -0.2) is 0 Å².